The van der Waals surface area contributed by atoms with Crippen LogP contribution in [-0.2, 0) is 4.74 Å². The highest BCUT2D eigenvalue weighted by Crippen LogP contribution is 1.95. The second-order valence-corrected chi connectivity index (χ2v) is 2.79. The van der Waals surface area contributed by atoms with E-state index >= 15 is 0 Å². The number of hydrogen-bond donors (Lipinski definition) is 1. The molecule has 0 fully saturated rings. The zero-order chi connectivity index (χ0) is 10.4. The van der Waals surface area contributed by atoms with Gasteiger partial charge in [-0.2, -0.15) is 0 Å². The van der Waals surface area contributed by atoms with Crippen molar-refractivity contribution in [3.8, 4) is 0 Å². The molecule has 0 radical (unpaired) electrons. The van der Waals surface area contributed by atoms with Crippen LogP contribution in [0.5, 0.6) is 0 Å². The molecule has 1 aromatic rings. The predicted molar refractivity (Wildman–Crippen MR) is 50.0 cm³/mol. The molecule has 0 amide bonds. The number of aromatic nitrogens is 2. The molecule has 0 spiro atoms. The zero-order valence-corrected chi connectivity index (χ0v) is 7.95. The largest absolute Gasteiger partial charge is 0.461 e. The van der Waals surface area contributed by atoms with E-state index < -0.39 is 5.97 Å². The summed E-state index contributed by atoms with van der Waals surface area (Å²) in [4.78, 5) is 28.1. The van der Waals surface area contributed by atoms with Gasteiger partial charge in [0.2, 0.25) is 0 Å². The lowest BCUT2D eigenvalue weighted by Gasteiger charge is -2.01. The van der Waals surface area contributed by atoms with Crippen molar-refractivity contribution >= 4 is 5.97 Å². The van der Waals surface area contributed by atoms with Crippen LogP contribution in [0.25, 0.3) is 0 Å². The Balaban J connectivity index is 2.56. The Bertz CT molecular complexity index is 359. The first-order valence-corrected chi connectivity index (χ1v) is 4.46. The fourth-order valence-corrected chi connectivity index (χ4v) is 0.863. The lowest BCUT2D eigenvalue weighted by atomic mass is 10.3. The number of H-pyrrole nitrogens is 1. The number of carbonyl (C=O) groups excluding carboxylic acids is 1. The number of unbranched alkanes of at least 4 members (excludes halogenated alkanes) is 1. The summed E-state index contributed by atoms with van der Waals surface area (Å²) >= 11 is 0. The first kappa shape index (κ1) is 10.4. The summed E-state index contributed by atoms with van der Waals surface area (Å²) in [7, 11) is 0. The van der Waals surface area contributed by atoms with Gasteiger partial charge in [0.1, 0.15) is 0 Å². The molecule has 14 heavy (non-hydrogen) atoms. The second kappa shape index (κ2) is 5.16. The van der Waals surface area contributed by atoms with E-state index in [9.17, 15) is 9.59 Å². The van der Waals surface area contributed by atoms with Gasteiger partial charge in [-0.3, -0.25) is 4.79 Å². The topological polar surface area (TPSA) is 72.1 Å². The minimum atomic E-state index is -0.551. The molecule has 0 aliphatic carbocycles. The predicted octanol–water partition coefficient (Wildman–Crippen LogP) is 0.727. The summed E-state index contributed by atoms with van der Waals surface area (Å²) < 4.78 is 4.87. The van der Waals surface area contributed by atoms with Crippen LogP contribution >= 0.6 is 0 Å². The number of hydrogen-bond acceptors (Lipinski definition) is 4. The van der Waals surface area contributed by atoms with Crippen molar-refractivity contribution < 1.29 is 9.53 Å². The summed E-state index contributed by atoms with van der Waals surface area (Å²) in [5, 5.41) is 0. The lowest BCUT2D eigenvalue weighted by molar-refractivity contribution is 0.0492. The van der Waals surface area contributed by atoms with Crippen LogP contribution in [-0.4, -0.2) is 22.5 Å². The second-order valence-electron chi connectivity index (χ2n) is 2.79. The molecule has 1 heterocycles. The minimum absolute atomic E-state index is 0.0462. The normalized spacial score (nSPS) is 9.79. The molecular weight excluding hydrogens is 184 g/mol. The number of nitrogens with zero attached hydrogens (tertiary/aromatic N) is 1. The molecule has 0 aromatic carbocycles. The Hall–Kier alpha value is -1.65. The van der Waals surface area contributed by atoms with E-state index in [1.807, 2.05) is 6.92 Å². The molecule has 1 N–H and O–H groups in total. The highest BCUT2D eigenvalue weighted by molar-refractivity contribution is 5.86. The molecule has 0 saturated carbocycles. The van der Waals surface area contributed by atoms with E-state index in [2.05, 4.69) is 9.97 Å². The van der Waals surface area contributed by atoms with Crippen molar-refractivity contribution in [2.45, 2.75) is 19.8 Å². The first-order valence-electron chi connectivity index (χ1n) is 4.46. The highest BCUT2D eigenvalue weighted by atomic mass is 16.5. The van der Waals surface area contributed by atoms with Crippen LogP contribution in [0.3, 0.4) is 0 Å². The third kappa shape index (κ3) is 3.01. The molecule has 0 unspecified atom stereocenters. The highest BCUT2D eigenvalue weighted by Gasteiger charge is 2.08. The number of carbonyl (C=O) groups is 1. The standard InChI is InChI=1S/C9H12N2O3/c1-2-3-4-14-9(13)7-5-8(12)11-6-10-7/h5-6H,2-4H2,1H3,(H,10,11,12). The Morgan fingerprint density at radius 2 is 2.43 bits per heavy atom. The SMILES string of the molecule is CCCCOC(=O)c1cc(=O)[nH]cn1. The van der Waals surface area contributed by atoms with Gasteiger partial charge in [-0.25, -0.2) is 9.78 Å². The smallest absolute Gasteiger partial charge is 0.357 e. The van der Waals surface area contributed by atoms with Gasteiger partial charge in [0.15, 0.2) is 5.69 Å². The van der Waals surface area contributed by atoms with Gasteiger partial charge in [0.25, 0.3) is 5.56 Å². The van der Waals surface area contributed by atoms with Crippen LogP contribution in [0, 0.1) is 0 Å². The average molecular weight is 196 g/mol. The van der Waals surface area contributed by atoms with E-state index in [1.54, 1.807) is 0 Å². The van der Waals surface area contributed by atoms with Crippen molar-refractivity contribution in [1.82, 2.24) is 9.97 Å². The number of esters is 1. The van der Waals surface area contributed by atoms with Crippen LogP contribution in [0.1, 0.15) is 30.3 Å². The van der Waals surface area contributed by atoms with Gasteiger partial charge in [0, 0.05) is 6.07 Å². The van der Waals surface area contributed by atoms with Gasteiger partial charge in [-0.1, -0.05) is 13.3 Å². The van der Waals surface area contributed by atoms with Gasteiger partial charge in [0.05, 0.1) is 12.9 Å². The van der Waals surface area contributed by atoms with Crippen LogP contribution in [0.4, 0.5) is 0 Å². The quantitative estimate of drug-likeness (QED) is 0.569. The number of rotatable bonds is 4. The van der Waals surface area contributed by atoms with Crippen molar-refractivity contribution in [1.29, 1.82) is 0 Å². The Morgan fingerprint density at radius 1 is 1.64 bits per heavy atom. The summed E-state index contributed by atoms with van der Waals surface area (Å²) in [6, 6.07) is 1.12. The number of nitrogens with one attached hydrogen (secondary N) is 1. The van der Waals surface area contributed by atoms with E-state index in [0.29, 0.717) is 6.61 Å². The molecule has 5 heteroatoms. The maximum Gasteiger partial charge on any atom is 0.357 e. The minimum Gasteiger partial charge on any atom is -0.461 e. The van der Waals surface area contributed by atoms with Gasteiger partial charge < -0.3 is 9.72 Å². The third-order valence-corrected chi connectivity index (χ3v) is 1.62. The molecular formula is C9H12N2O3. The zero-order valence-electron chi connectivity index (χ0n) is 7.95. The number of ether oxygens (including phenoxy) is 1. The van der Waals surface area contributed by atoms with Crippen LogP contribution < -0.4 is 5.56 Å². The lowest BCUT2D eigenvalue weighted by Crippen LogP contribution is -2.14. The van der Waals surface area contributed by atoms with E-state index in [0.717, 1.165) is 18.9 Å². The van der Waals surface area contributed by atoms with E-state index in [1.165, 1.54) is 6.33 Å². The van der Waals surface area contributed by atoms with Crippen molar-refractivity contribution in [2.24, 2.45) is 0 Å². The monoisotopic (exact) mass is 196 g/mol. The Labute approximate surface area is 81.1 Å². The maximum atomic E-state index is 11.2. The first-order chi connectivity index (χ1) is 6.74. The molecule has 0 bridgehead atoms. The van der Waals surface area contributed by atoms with E-state index in [4.69, 9.17) is 4.74 Å². The molecule has 76 valence electrons. The summed E-state index contributed by atoms with van der Waals surface area (Å²) in [6.45, 7) is 2.36. The van der Waals surface area contributed by atoms with Gasteiger partial charge in [-0.05, 0) is 6.42 Å². The van der Waals surface area contributed by atoms with Crippen molar-refractivity contribution in [3.05, 3.63) is 28.4 Å². The number of aromatic amines is 1. The Morgan fingerprint density at radius 3 is 3.07 bits per heavy atom. The van der Waals surface area contributed by atoms with Crippen molar-refractivity contribution in [2.75, 3.05) is 6.61 Å². The maximum absolute atomic E-state index is 11.2. The summed E-state index contributed by atoms with van der Waals surface area (Å²) in [5.41, 5.74) is -0.313. The van der Waals surface area contributed by atoms with Gasteiger partial charge >= 0.3 is 5.97 Å². The third-order valence-electron chi connectivity index (χ3n) is 1.62. The van der Waals surface area contributed by atoms with Crippen molar-refractivity contribution in [3.63, 3.8) is 0 Å². The molecule has 0 aliphatic heterocycles. The van der Waals surface area contributed by atoms with Crippen LogP contribution in [0.15, 0.2) is 17.2 Å². The molecule has 1 aromatic heterocycles. The molecule has 0 aliphatic rings. The van der Waals surface area contributed by atoms with E-state index in [-0.39, 0.29) is 11.3 Å². The van der Waals surface area contributed by atoms with Crippen LogP contribution in [0.2, 0.25) is 0 Å². The molecule has 0 saturated heterocycles. The van der Waals surface area contributed by atoms with Gasteiger partial charge in [-0.15, -0.1) is 0 Å². The average Bonchev–Trinajstić information content (AvgIpc) is 2.18. The Kier molecular flexibility index (Phi) is 3.84. The fraction of sp³-hybridized carbons (Fsp3) is 0.444. The molecule has 5 nitrogen and oxygen atoms in total. The summed E-state index contributed by atoms with van der Waals surface area (Å²) in [5.74, 6) is -0.551. The molecule has 0 atom stereocenters. The fourth-order valence-electron chi connectivity index (χ4n) is 0.863. The summed E-state index contributed by atoms with van der Waals surface area (Å²) in [6.07, 6.45) is 2.95. The molecule has 1 rings (SSSR count).